The van der Waals surface area contributed by atoms with Gasteiger partial charge in [0.25, 0.3) is 0 Å². The van der Waals surface area contributed by atoms with Crippen molar-refractivity contribution >= 4 is 11.4 Å². The van der Waals surface area contributed by atoms with Crippen LogP contribution in [-0.4, -0.2) is 13.2 Å². The van der Waals surface area contributed by atoms with E-state index in [2.05, 4.69) is 109 Å². The summed E-state index contributed by atoms with van der Waals surface area (Å²) in [5.41, 5.74) is 8.45. The lowest BCUT2D eigenvalue weighted by Gasteiger charge is -2.32. The van der Waals surface area contributed by atoms with Gasteiger partial charge in [0, 0.05) is 17.9 Å². The standard InChI is InChI=1S/C27H42N2/c1-10-29(27-24(20(6)7)15-12-16-25(27)21(8)9)17-28-26-22(18(2)3)13-11-14-23(26)19(4)5/h11-16,18-21,28H,10,17H2,1-9H3. The van der Waals surface area contributed by atoms with Crippen LogP contribution >= 0.6 is 0 Å². The molecule has 0 saturated heterocycles. The van der Waals surface area contributed by atoms with Crippen molar-refractivity contribution in [3.63, 3.8) is 0 Å². The molecule has 0 unspecified atom stereocenters. The molecule has 160 valence electrons. The Bertz CT molecular complexity index is 735. The maximum atomic E-state index is 3.85. The zero-order valence-electron chi connectivity index (χ0n) is 20.1. The monoisotopic (exact) mass is 394 g/mol. The fraction of sp³-hybridized carbons (Fsp3) is 0.556. The van der Waals surface area contributed by atoms with E-state index in [1.807, 2.05) is 0 Å². The molecule has 2 aromatic carbocycles. The van der Waals surface area contributed by atoms with Crippen LogP contribution in [-0.2, 0) is 0 Å². The average Bonchev–Trinajstić information content (AvgIpc) is 2.67. The number of nitrogens with one attached hydrogen (secondary N) is 1. The molecule has 0 fully saturated rings. The van der Waals surface area contributed by atoms with Crippen molar-refractivity contribution in [3.05, 3.63) is 58.7 Å². The molecule has 2 nitrogen and oxygen atoms in total. The summed E-state index contributed by atoms with van der Waals surface area (Å²) in [5.74, 6) is 2.01. The van der Waals surface area contributed by atoms with Crippen molar-refractivity contribution in [2.75, 3.05) is 23.4 Å². The molecule has 0 aromatic heterocycles. The highest BCUT2D eigenvalue weighted by Gasteiger charge is 2.20. The van der Waals surface area contributed by atoms with Crippen LogP contribution in [0.1, 0.15) is 108 Å². The number of benzene rings is 2. The van der Waals surface area contributed by atoms with Crippen molar-refractivity contribution < 1.29 is 0 Å². The first-order valence-corrected chi connectivity index (χ1v) is 11.4. The van der Waals surface area contributed by atoms with Gasteiger partial charge in [-0.3, -0.25) is 0 Å². The molecule has 1 N–H and O–H groups in total. The van der Waals surface area contributed by atoms with Gasteiger partial charge in [0.05, 0.1) is 6.67 Å². The SMILES string of the molecule is CCN(CNc1c(C(C)C)cccc1C(C)C)c1c(C(C)C)cccc1C(C)C. The Morgan fingerprint density at radius 1 is 0.655 bits per heavy atom. The number of nitrogens with zero attached hydrogens (tertiary/aromatic N) is 1. The second-order valence-electron chi connectivity index (χ2n) is 9.41. The van der Waals surface area contributed by atoms with Gasteiger partial charge in [0.2, 0.25) is 0 Å². The van der Waals surface area contributed by atoms with E-state index in [1.54, 1.807) is 0 Å². The van der Waals surface area contributed by atoms with E-state index in [0.29, 0.717) is 23.7 Å². The summed E-state index contributed by atoms with van der Waals surface area (Å²) in [4.78, 5) is 2.52. The lowest BCUT2D eigenvalue weighted by atomic mass is 9.91. The third kappa shape index (κ3) is 5.35. The van der Waals surface area contributed by atoms with Crippen LogP contribution < -0.4 is 10.2 Å². The second kappa shape index (κ2) is 10.2. The predicted octanol–water partition coefficient (Wildman–Crippen LogP) is 8.08. The summed E-state index contributed by atoms with van der Waals surface area (Å²) in [7, 11) is 0. The summed E-state index contributed by atoms with van der Waals surface area (Å²) in [6.45, 7) is 22.4. The molecule has 0 heterocycles. The van der Waals surface area contributed by atoms with Gasteiger partial charge in [0.1, 0.15) is 0 Å². The van der Waals surface area contributed by atoms with Crippen molar-refractivity contribution in [2.24, 2.45) is 0 Å². The van der Waals surface area contributed by atoms with E-state index in [4.69, 9.17) is 0 Å². The van der Waals surface area contributed by atoms with Gasteiger partial charge in [-0.15, -0.1) is 0 Å². The number of para-hydroxylation sites is 2. The maximum Gasteiger partial charge on any atom is 0.0876 e. The summed E-state index contributed by atoms with van der Waals surface area (Å²) >= 11 is 0. The topological polar surface area (TPSA) is 15.3 Å². The van der Waals surface area contributed by atoms with E-state index in [0.717, 1.165) is 13.2 Å². The highest BCUT2D eigenvalue weighted by Crippen LogP contribution is 2.36. The lowest BCUT2D eigenvalue weighted by Crippen LogP contribution is -2.32. The van der Waals surface area contributed by atoms with Crippen LogP contribution in [0.5, 0.6) is 0 Å². The van der Waals surface area contributed by atoms with Crippen molar-refractivity contribution in [1.29, 1.82) is 0 Å². The minimum Gasteiger partial charge on any atom is -0.367 e. The lowest BCUT2D eigenvalue weighted by molar-refractivity contribution is 0.781. The molecule has 2 aromatic rings. The van der Waals surface area contributed by atoms with Crippen LogP contribution in [0.4, 0.5) is 11.4 Å². The molecule has 2 rings (SSSR count). The Kier molecular flexibility index (Phi) is 8.19. The molecule has 0 radical (unpaired) electrons. The average molecular weight is 395 g/mol. The highest BCUT2D eigenvalue weighted by molar-refractivity contribution is 5.65. The van der Waals surface area contributed by atoms with Crippen LogP contribution in [0, 0.1) is 0 Å². The van der Waals surface area contributed by atoms with Gasteiger partial charge >= 0.3 is 0 Å². The van der Waals surface area contributed by atoms with Crippen molar-refractivity contribution in [1.82, 2.24) is 0 Å². The zero-order chi connectivity index (χ0) is 21.7. The number of rotatable bonds is 9. The number of hydrogen-bond acceptors (Lipinski definition) is 2. The second-order valence-corrected chi connectivity index (χ2v) is 9.41. The summed E-state index contributed by atoms with van der Waals surface area (Å²) in [6.07, 6.45) is 0. The third-order valence-electron chi connectivity index (χ3n) is 5.86. The molecule has 0 saturated carbocycles. The normalized spacial score (nSPS) is 11.8. The molecule has 0 amide bonds. The zero-order valence-corrected chi connectivity index (χ0v) is 20.1. The van der Waals surface area contributed by atoms with Crippen LogP contribution in [0.25, 0.3) is 0 Å². The Morgan fingerprint density at radius 3 is 1.38 bits per heavy atom. The molecule has 0 aliphatic heterocycles. The van der Waals surface area contributed by atoms with Crippen LogP contribution in [0.3, 0.4) is 0 Å². The molecule has 29 heavy (non-hydrogen) atoms. The molecule has 0 atom stereocenters. The largest absolute Gasteiger partial charge is 0.367 e. The minimum atomic E-state index is 0.500. The van der Waals surface area contributed by atoms with Gasteiger partial charge in [-0.25, -0.2) is 0 Å². The fourth-order valence-corrected chi connectivity index (χ4v) is 4.16. The van der Waals surface area contributed by atoms with Crippen molar-refractivity contribution in [2.45, 2.75) is 86.0 Å². The third-order valence-corrected chi connectivity index (χ3v) is 5.86. The maximum absolute atomic E-state index is 3.85. The molecule has 0 aliphatic carbocycles. The highest BCUT2D eigenvalue weighted by atomic mass is 15.2. The summed E-state index contributed by atoms with van der Waals surface area (Å²) in [5, 5.41) is 3.85. The van der Waals surface area contributed by atoms with E-state index in [-0.39, 0.29) is 0 Å². The van der Waals surface area contributed by atoms with E-state index in [9.17, 15) is 0 Å². The van der Waals surface area contributed by atoms with Gasteiger partial charge in [-0.05, 0) is 52.8 Å². The molecule has 0 aliphatic rings. The van der Waals surface area contributed by atoms with Crippen LogP contribution in [0.2, 0.25) is 0 Å². The van der Waals surface area contributed by atoms with Gasteiger partial charge in [-0.1, -0.05) is 91.8 Å². The Balaban J connectivity index is 2.46. The Labute approximate surface area is 179 Å². The molecule has 0 spiro atoms. The summed E-state index contributed by atoms with van der Waals surface area (Å²) in [6, 6.07) is 13.6. The Morgan fingerprint density at radius 2 is 1.03 bits per heavy atom. The molecule has 2 heteroatoms. The fourth-order valence-electron chi connectivity index (χ4n) is 4.16. The van der Waals surface area contributed by atoms with E-state index >= 15 is 0 Å². The first-order valence-electron chi connectivity index (χ1n) is 11.4. The van der Waals surface area contributed by atoms with Crippen LogP contribution in [0.15, 0.2) is 36.4 Å². The first-order chi connectivity index (χ1) is 13.7. The minimum absolute atomic E-state index is 0.500. The van der Waals surface area contributed by atoms with Gasteiger partial charge < -0.3 is 10.2 Å². The van der Waals surface area contributed by atoms with Gasteiger partial charge in [0.15, 0.2) is 0 Å². The Hall–Kier alpha value is -1.96. The van der Waals surface area contributed by atoms with E-state index < -0.39 is 0 Å². The van der Waals surface area contributed by atoms with Crippen molar-refractivity contribution in [3.8, 4) is 0 Å². The molecular weight excluding hydrogens is 352 g/mol. The smallest absolute Gasteiger partial charge is 0.0876 e. The molecule has 0 bridgehead atoms. The summed E-state index contributed by atoms with van der Waals surface area (Å²) < 4.78 is 0. The number of hydrogen-bond donors (Lipinski definition) is 1. The first kappa shape index (κ1) is 23.3. The van der Waals surface area contributed by atoms with E-state index in [1.165, 1.54) is 33.6 Å². The molecular formula is C27H42N2. The quantitative estimate of drug-likeness (QED) is 0.432. The van der Waals surface area contributed by atoms with Gasteiger partial charge in [-0.2, -0.15) is 0 Å². The predicted molar refractivity (Wildman–Crippen MR) is 131 cm³/mol. The number of anilines is 2.